The van der Waals surface area contributed by atoms with Gasteiger partial charge in [0.2, 0.25) is 0 Å². The minimum Gasteiger partial charge on any atom is -0.478 e. The van der Waals surface area contributed by atoms with E-state index >= 15 is 0 Å². The van der Waals surface area contributed by atoms with Crippen LogP contribution in [0.3, 0.4) is 0 Å². The highest BCUT2D eigenvalue weighted by molar-refractivity contribution is 5.89. The molecule has 1 aromatic heterocycles. The molecule has 1 aliphatic heterocycles. The summed E-state index contributed by atoms with van der Waals surface area (Å²) in [6.07, 6.45) is 4.98. The van der Waals surface area contributed by atoms with E-state index < -0.39 is 11.8 Å². The number of carbonyl (C=O) groups is 1. The number of halogens is 1. The van der Waals surface area contributed by atoms with Crippen LogP contribution in [-0.4, -0.2) is 43.2 Å². The molecule has 3 rings (SSSR count). The second-order valence-corrected chi connectivity index (χ2v) is 6.00. The highest BCUT2D eigenvalue weighted by Crippen LogP contribution is 2.29. The summed E-state index contributed by atoms with van der Waals surface area (Å²) in [6, 6.07) is 4.61. The van der Waals surface area contributed by atoms with Gasteiger partial charge in [-0.05, 0) is 36.5 Å². The summed E-state index contributed by atoms with van der Waals surface area (Å²) in [7, 11) is 2.82. The highest BCUT2D eigenvalue weighted by Gasteiger charge is 2.26. The molecule has 1 aliphatic rings. The molecular weight excluding hydrogens is 325 g/mol. The lowest BCUT2D eigenvalue weighted by Crippen LogP contribution is -2.22. The number of hydrogen-bond acceptors (Lipinski definition) is 6. The molecule has 0 aliphatic carbocycles. The van der Waals surface area contributed by atoms with Crippen molar-refractivity contribution in [3.8, 4) is 5.88 Å². The molecular formula is C18H20FN3O3. The van der Waals surface area contributed by atoms with E-state index in [1.165, 1.54) is 13.2 Å². The Morgan fingerprint density at radius 3 is 2.88 bits per heavy atom. The number of methoxy groups -OCH3 is 2. The molecule has 1 aromatic carbocycles. The maximum Gasteiger partial charge on any atom is 0.340 e. The van der Waals surface area contributed by atoms with Crippen molar-refractivity contribution in [2.24, 2.45) is 5.92 Å². The Hall–Kier alpha value is -2.70. The molecule has 2 heterocycles. The Labute approximate surface area is 145 Å². The first-order valence-corrected chi connectivity index (χ1v) is 8.09. The quantitative estimate of drug-likeness (QED) is 0.776. The molecule has 0 amide bonds. The molecule has 0 spiro atoms. The van der Waals surface area contributed by atoms with Crippen LogP contribution in [0.4, 0.5) is 10.2 Å². The van der Waals surface area contributed by atoms with Gasteiger partial charge in [0, 0.05) is 25.5 Å². The van der Waals surface area contributed by atoms with Crippen LogP contribution in [0.15, 0.2) is 30.6 Å². The predicted molar refractivity (Wildman–Crippen MR) is 90.3 cm³/mol. The first-order valence-electron chi connectivity index (χ1n) is 8.09. The van der Waals surface area contributed by atoms with Crippen LogP contribution in [0.1, 0.15) is 22.3 Å². The fourth-order valence-electron chi connectivity index (χ4n) is 3.17. The number of benzene rings is 1. The van der Waals surface area contributed by atoms with Gasteiger partial charge in [0.05, 0.1) is 19.8 Å². The summed E-state index contributed by atoms with van der Waals surface area (Å²) in [4.78, 5) is 22.3. The van der Waals surface area contributed by atoms with Crippen molar-refractivity contribution in [2.75, 3.05) is 32.2 Å². The second kappa shape index (κ2) is 7.46. The van der Waals surface area contributed by atoms with Crippen LogP contribution in [-0.2, 0) is 11.2 Å². The van der Waals surface area contributed by atoms with Gasteiger partial charge in [-0.1, -0.05) is 6.07 Å². The average molecular weight is 345 g/mol. The smallest absolute Gasteiger partial charge is 0.340 e. The van der Waals surface area contributed by atoms with Gasteiger partial charge in [0.15, 0.2) is 5.82 Å². The van der Waals surface area contributed by atoms with E-state index in [2.05, 4.69) is 19.6 Å². The summed E-state index contributed by atoms with van der Waals surface area (Å²) in [5, 5.41) is 0. The molecule has 1 fully saturated rings. The number of aromatic nitrogens is 2. The predicted octanol–water partition coefficient (Wildman–Crippen LogP) is 2.48. The van der Waals surface area contributed by atoms with Crippen molar-refractivity contribution < 1.29 is 18.7 Å². The second-order valence-electron chi connectivity index (χ2n) is 6.00. The van der Waals surface area contributed by atoms with Crippen LogP contribution in [0.2, 0.25) is 0 Å². The van der Waals surface area contributed by atoms with E-state index in [1.807, 2.05) is 0 Å². The van der Waals surface area contributed by atoms with E-state index in [0.29, 0.717) is 11.8 Å². The van der Waals surface area contributed by atoms with Gasteiger partial charge in [-0.3, -0.25) is 0 Å². The monoisotopic (exact) mass is 345 g/mol. The largest absolute Gasteiger partial charge is 0.478 e. The molecule has 1 atom stereocenters. The molecule has 0 bridgehead atoms. The molecule has 0 saturated carbocycles. The maximum atomic E-state index is 13.7. The SMILES string of the molecule is COC(=O)c1cc(CC2CCN(c3nccnc3OC)C2)ccc1F. The number of rotatable bonds is 5. The van der Waals surface area contributed by atoms with Crippen molar-refractivity contribution >= 4 is 11.8 Å². The van der Waals surface area contributed by atoms with Gasteiger partial charge >= 0.3 is 5.97 Å². The molecule has 6 nitrogen and oxygen atoms in total. The minimum absolute atomic E-state index is 0.0227. The van der Waals surface area contributed by atoms with Crippen molar-refractivity contribution in [1.82, 2.24) is 9.97 Å². The van der Waals surface area contributed by atoms with Crippen LogP contribution >= 0.6 is 0 Å². The van der Waals surface area contributed by atoms with Gasteiger partial charge in [0.25, 0.3) is 5.88 Å². The summed E-state index contributed by atoms with van der Waals surface area (Å²) in [6.45, 7) is 1.66. The lowest BCUT2D eigenvalue weighted by atomic mass is 9.97. The van der Waals surface area contributed by atoms with Crippen molar-refractivity contribution in [3.63, 3.8) is 0 Å². The number of hydrogen-bond donors (Lipinski definition) is 0. The van der Waals surface area contributed by atoms with Crippen molar-refractivity contribution in [2.45, 2.75) is 12.8 Å². The molecule has 1 unspecified atom stereocenters. The van der Waals surface area contributed by atoms with Gasteiger partial charge < -0.3 is 14.4 Å². The Balaban J connectivity index is 1.70. The van der Waals surface area contributed by atoms with Gasteiger partial charge in [0.1, 0.15) is 5.82 Å². The molecule has 0 radical (unpaired) electrons. The first-order chi connectivity index (χ1) is 12.1. The van der Waals surface area contributed by atoms with Crippen LogP contribution in [0.25, 0.3) is 0 Å². The Kier molecular flexibility index (Phi) is 5.11. The molecule has 2 aromatic rings. The van der Waals surface area contributed by atoms with Crippen LogP contribution < -0.4 is 9.64 Å². The third-order valence-electron chi connectivity index (χ3n) is 4.39. The fraction of sp³-hybridized carbons (Fsp3) is 0.389. The zero-order valence-electron chi connectivity index (χ0n) is 14.2. The van der Waals surface area contributed by atoms with E-state index in [4.69, 9.17) is 4.74 Å². The molecule has 132 valence electrons. The normalized spacial score (nSPS) is 16.8. The first kappa shape index (κ1) is 17.1. The number of carbonyl (C=O) groups excluding carboxylic acids is 1. The fourth-order valence-corrected chi connectivity index (χ4v) is 3.17. The molecule has 0 N–H and O–H groups in total. The minimum atomic E-state index is -0.656. The molecule has 1 saturated heterocycles. The standard InChI is InChI=1S/C18H20FN3O3/c1-24-17-16(20-6-7-21-17)22-8-5-13(11-22)9-12-3-4-15(19)14(10-12)18(23)25-2/h3-4,6-7,10,13H,5,8-9,11H2,1-2H3. The molecule has 25 heavy (non-hydrogen) atoms. The number of nitrogens with zero attached hydrogens (tertiary/aromatic N) is 3. The Morgan fingerprint density at radius 1 is 1.32 bits per heavy atom. The van der Waals surface area contributed by atoms with Crippen molar-refractivity contribution in [3.05, 3.63) is 47.5 Å². The topological polar surface area (TPSA) is 64.5 Å². The van der Waals surface area contributed by atoms with Crippen LogP contribution in [0, 0.1) is 11.7 Å². The van der Waals surface area contributed by atoms with Gasteiger partial charge in [-0.15, -0.1) is 0 Å². The zero-order valence-corrected chi connectivity index (χ0v) is 14.2. The average Bonchev–Trinajstić information content (AvgIpc) is 3.11. The van der Waals surface area contributed by atoms with Crippen LogP contribution in [0.5, 0.6) is 5.88 Å². The third-order valence-corrected chi connectivity index (χ3v) is 4.39. The Bertz CT molecular complexity index is 769. The molecule has 7 heteroatoms. The maximum absolute atomic E-state index is 13.7. The van der Waals surface area contributed by atoms with Gasteiger partial charge in [-0.2, -0.15) is 0 Å². The van der Waals surface area contributed by atoms with Gasteiger partial charge in [-0.25, -0.2) is 19.2 Å². The van der Waals surface area contributed by atoms with E-state index in [-0.39, 0.29) is 5.56 Å². The summed E-state index contributed by atoms with van der Waals surface area (Å²) in [5.74, 6) is 0.409. The van der Waals surface area contributed by atoms with Crippen molar-refractivity contribution in [1.29, 1.82) is 0 Å². The zero-order chi connectivity index (χ0) is 17.8. The van der Waals surface area contributed by atoms with E-state index in [1.54, 1.807) is 31.6 Å². The van der Waals surface area contributed by atoms with E-state index in [0.717, 1.165) is 37.3 Å². The lowest BCUT2D eigenvalue weighted by molar-refractivity contribution is 0.0595. The number of ether oxygens (including phenoxy) is 2. The van der Waals surface area contributed by atoms with E-state index in [9.17, 15) is 9.18 Å². The Morgan fingerprint density at radius 2 is 2.12 bits per heavy atom. The lowest BCUT2D eigenvalue weighted by Gasteiger charge is -2.19. The summed E-state index contributed by atoms with van der Waals surface area (Å²) in [5.41, 5.74) is 0.894. The summed E-state index contributed by atoms with van der Waals surface area (Å²) >= 11 is 0. The number of anilines is 1. The third kappa shape index (κ3) is 3.70. The summed E-state index contributed by atoms with van der Waals surface area (Å²) < 4.78 is 23.6. The number of esters is 1. The highest BCUT2D eigenvalue weighted by atomic mass is 19.1.